The van der Waals surface area contributed by atoms with Gasteiger partial charge in [0.2, 0.25) is 0 Å². The molecule has 0 bridgehead atoms. The summed E-state index contributed by atoms with van der Waals surface area (Å²) in [6.07, 6.45) is 0.357. The molecule has 1 unspecified atom stereocenters. The predicted octanol–water partition coefficient (Wildman–Crippen LogP) is 1.91. The second-order valence-electron chi connectivity index (χ2n) is 3.57. The van der Waals surface area contributed by atoms with Gasteiger partial charge >= 0.3 is 5.97 Å². The Bertz CT molecular complexity index is 367. The Morgan fingerprint density at radius 2 is 2.18 bits per heavy atom. The van der Waals surface area contributed by atoms with E-state index in [0.717, 1.165) is 0 Å². The number of carbonyl (C=O) groups is 1. The fourth-order valence-corrected chi connectivity index (χ4v) is 1.72. The number of hydrogen-bond acceptors (Lipinski definition) is 3. The van der Waals surface area contributed by atoms with E-state index in [4.69, 9.17) is 26.6 Å². The Kier molecular flexibility index (Phi) is 5.97. The molecule has 0 fully saturated rings. The second-order valence-corrected chi connectivity index (χ2v) is 4.01. The molecule has 1 aromatic carbocycles. The summed E-state index contributed by atoms with van der Waals surface area (Å²) in [5, 5.41) is 18.2. The first-order valence-corrected chi connectivity index (χ1v) is 5.70. The number of rotatable bonds is 7. The van der Waals surface area contributed by atoms with Crippen molar-refractivity contribution in [1.82, 2.24) is 0 Å². The van der Waals surface area contributed by atoms with Crippen LogP contribution in [0.1, 0.15) is 17.9 Å². The van der Waals surface area contributed by atoms with Gasteiger partial charge in [0.1, 0.15) is 0 Å². The third-order valence-corrected chi connectivity index (χ3v) is 2.57. The van der Waals surface area contributed by atoms with Crippen LogP contribution in [0.3, 0.4) is 0 Å². The van der Waals surface area contributed by atoms with Crippen LogP contribution in [-0.2, 0) is 9.53 Å². The Balaban J connectivity index is 2.63. The summed E-state index contributed by atoms with van der Waals surface area (Å²) >= 11 is 5.82. The summed E-state index contributed by atoms with van der Waals surface area (Å²) in [6.45, 7) is 0.459. The number of aliphatic carboxylic acids is 1. The van der Waals surface area contributed by atoms with Crippen LogP contribution in [0.5, 0.6) is 0 Å². The smallest absolute Gasteiger partial charge is 0.311 e. The minimum Gasteiger partial charge on any atom is -0.481 e. The van der Waals surface area contributed by atoms with Gasteiger partial charge in [-0.15, -0.1) is 0 Å². The van der Waals surface area contributed by atoms with Crippen molar-refractivity contribution in [2.75, 3.05) is 19.8 Å². The van der Waals surface area contributed by atoms with Gasteiger partial charge in [-0.2, -0.15) is 0 Å². The monoisotopic (exact) mass is 258 g/mol. The Hall–Kier alpha value is -1.10. The van der Waals surface area contributed by atoms with Crippen molar-refractivity contribution in [1.29, 1.82) is 0 Å². The number of hydrogen-bond donors (Lipinski definition) is 2. The molecule has 1 rings (SSSR count). The van der Waals surface area contributed by atoms with Crippen LogP contribution in [0.2, 0.25) is 5.02 Å². The lowest BCUT2D eigenvalue weighted by atomic mass is 9.96. The van der Waals surface area contributed by atoms with Crippen LogP contribution in [0.15, 0.2) is 24.3 Å². The first-order valence-electron chi connectivity index (χ1n) is 5.32. The average Bonchev–Trinajstić information content (AvgIpc) is 2.28. The van der Waals surface area contributed by atoms with E-state index in [0.29, 0.717) is 23.6 Å². The standard InChI is InChI=1S/C12H15ClO4/c13-10-3-1-2-9(8-10)11(12(15)16)4-6-17-7-5-14/h1-3,8,11,14H,4-7H2,(H,15,16). The highest BCUT2D eigenvalue weighted by Gasteiger charge is 2.19. The highest BCUT2D eigenvalue weighted by molar-refractivity contribution is 6.30. The van der Waals surface area contributed by atoms with Crippen molar-refractivity contribution in [3.63, 3.8) is 0 Å². The first-order chi connectivity index (χ1) is 8.15. The molecule has 94 valence electrons. The van der Waals surface area contributed by atoms with Crippen LogP contribution in [0.4, 0.5) is 0 Å². The first kappa shape index (κ1) is 14.0. The number of carboxylic acid groups (broad SMARTS) is 1. The van der Waals surface area contributed by atoms with Gasteiger partial charge in [-0.05, 0) is 24.1 Å². The van der Waals surface area contributed by atoms with Crippen molar-refractivity contribution in [3.8, 4) is 0 Å². The molecule has 0 aliphatic rings. The summed E-state index contributed by atoms with van der Waals surface area (Å²) < 4.78 is 5.07. The second kappa shape index (κ2) is 7.27. The van der Waals surface area contributed by atoms with Crippen molar-refractivity contribution in [3.05, 3.63) is 34.9 Å². The molecule has 0 aromatic heterocycles. The highest BCUT2D eigenvalue weighted by Crippen LogP contribution is 2.23. The molecule has 17 heavy (non-hydrogen) atoms. The topological polar surface area (TPSA) is 66.8 Å². The Labute approximate surface area is 105 Å². The molecule has 0 heterocycles. The van der Waals surface area contributed by atoms with Gasteiger partial charge in [-0.1, -0.05) is 23.7 Å². The van der Waals surface area contributed by atoms with Gasteiger partial charge in [-0.3, -0.25) is 4.79 Å². The van der Waals surface area contributed by atoms with Crippen molar-refractivity contribution in [2.45, 2.75) is 12.3 Å². The lowest BCUT2D eigenvalue weighted by Gasteiger charge is -2.13. The third-order valence-electron chi connectivity index (χ3n) is 2.34. The summed E-state index contributed by atoms with van der Waals surface area (Å²) in [6, 6.07) is 6.80. The molecule has 0 radical (unpaired) electrons. The zero-order valence-electron chi connectivity index (χ0n) is 9.30. The molecule has 4 nitrogen and oxygen atoms in total. The van der Waals surface area contributed by atoms with Crippen LogP contribution in [0, 0.1) is 0 Å². The van der Waals surface area contributed by atoms with Crippen LogP contribution in [0.25, 0.3) is 0 Å². The van der Waals surface area contributed by atoms with Gasteiger partial charge in [-0.25, -0.2) is 0 Å². The SMILES string of the molecule is O=C(O)C(CCOCCO)c1cccc(Cl)c1. The summed E-state index contributed by atoms with van der Waals surface area (Å²) in [7, 11) is 0. The molecule has 0 spiro atoms. The average molecular weight is 259 g/mol. The highest BCUT2D eigenvalue weighted by atomic mass is 35.5. The number of benzene rings is 1. The van der Waals surface area contributed by atoms with Gasteiger partial charge in [0.05, 0.1) is 19.1 Å². The van der Waals surface area contributed by atoms with Gasteiger partial charge in [0, 0.05) is 11.6 Å². The quantitative estimate of drug-likeness (QED) is 0.733. The molecule has 0 amide bonds. The Morgan fingerprint density at radius 1 is 1.41 bits per heavy atom. The molecule has 1 atom stereocenters. The maximum absolute atomic E-state index is 11.1. The van der Waals surface area contributed by atoms with E-state index in [9.17, 15) is 4.79 Å². The van der Waals surface area contributed by atoms with E-state index in [1.165, 1.54) is 0 Å². The number of aliphatic hydroxyl groups excluding tert-OH is 1. The van der Waals surface area contributed by atoms with Gasteiger partial charge in [0.25, 0.3) is 0 Å². The van der Waals surface area contributed by atoms with E-state index < -0.39 is 11.9 Å². The zero-order valence-corrected chi connectivity index (χ0v) is 10.1. The maximum atomic E-state index is 11.1. The number of halogens is 1. The summed E-state index contributed by atoms with van der Waals surface area (Å²) in [4.78, 5) is 11.1. The fraction of sp³-hybridized carbons (Fsp3) is 0.417. The van der Waals surface area contributed by atoms with E-state index >= 15 is 0 Å². The molecule has 2 N–H and O–H groups in total. The summed E-state index contributed by atoms with van der Waals surface area (Å²) in [5.41, 5.74) is 0.664. The van der Waals surface area contributed by atoms with Crippen molar-refractivity contribution in [2.24, 2.45) is 0 Å². The fourth-order valence-electron chi connectivity index (χ4n) is 1.52. The van der Waals surface area contributed by atoms with Crippen molar-refractivity contribution >= 4 is 17.6 Å². The normalized spacial score (nSPS) is 12.4. The molecule has 0 saturated heterocycles. The molecule has 1 aromatic rings. The number of carboxylic acids is 1. The van der Waals surface area contributed by atoms with Crippen LogP contribution in [-0.4, -0.2) is 36.0 Å². The molecule has 5 heteroatoms. The van der Waals surface area contributed by atoms with E-state index in [1.807, 2.05) is 0 Å². The van der Waals surface area contributed by atoms with E-state index in [2.05, 4.69) is 0 Å². The lowest BCUT2D eigenvalue weighted by Crippen LogP contribution is -2.14. The van der Waals surface area contributed by atoms with E-state index in [1.54, 1.807) is 24.3 Å². The molecule has 0 saturated carbocycles. The van der Waals surface area contributed by atoms with Crippen LogP contribution < -0.4 is 0 Å². The Morgan fingerprint density at radius 3 is 2.76 bits per heavy atom. The minimum absolute atomic E-state index is 0.0606. The molecular formula is C12H15ClO4. The predicted molar refractivity (Wildman–Crippen MR) is 64.4 cm³/mol. The summed E-state index contributed by atoms with van der Waals surface area (Å²) in [5.74, 6) is -1.53. The largest absolute Gasteiger partial charge is 0.481 e. The van der Waals surface area contributed by atoms with Gasteiger partial charge in [0.15, 0.2) is 0 Å². The van der Waals surface area contributed by atoms with E-state index in [-0.39, 0.29) is 13.2 Å². The number of ether oxygens (including phenoxy) is 1. The number of aliphatic hydroxyl groups is 1. The molecular weight excluding hydrogens is 244 g/mol. The molecule has 0 aliphatic carbocycles. The lowest BCUT2D eigenvalue weighted by molar-refractivity contribution is -0.139. The third kappa shape index (κ3) is 4.73. The maximum Gasteiger partial charge on any atom is 0.311 e. The zero-order chi connectivity index (χ0) is 12.7. The van der Waals surface area contributed by atoms with Gasteiger partial charge < -0.3 is 14.9 Å². The van der Waals surface area contributed by atoms with Crippen LogP contribution >= 0.6 is 11.6 Å². The minimum atomic E-state index is -0.903. The molecule has 0 aliphatic heterocycles. The van der Waals surface area contributed by atoms with Crippen molar-refractivity contribution < 1.29 is 19.7 Å².